The van der Waals surface area contributed by atoms with Crippen molar-refractivity contribution in [3.05, 3.63) is 59.9 Å². The molecule has 0 saturated heterocycles. The second kappa shape index (κ2) is 14.2. The molecule has 0 unspecified atom stereocenters. The summed E-state index contributed by atoms with van der Waals surface area (Å²) in [5, 5.41) is 6.50. The minimum atomic E-state index is 0. The van der Waals surface area contributed by atoms with Crippen molar-refractivity contribution in [1.29, 1.82) is 0 Å². The standard InChI is InChI=1S/C20H28N4O2.HI/c1-3-21-20(23-12-13-25-4-2)24-15-17-8-7-10-19(14-17)26-16-18-9-5-6-11-22-18;/h5-11,14H,3-4,12-13,15-16H2,1-2H3,(H2,21,23,24);1H. The number of rotatable bonds is 10. The van der Waals surface area contributed by atoms with E-state index in [1.165, 1.54) is 0 Å². The van der Waals surface area contributed by atoms with Crippen molar-refractivity contribution in [3.8, 4) is 5.75 Å². The van der Waals surface area contributed by atoms with Gasteiger partial charge in [0.2, 0.25) is 0 Å². The van der Waals surface area contributed by atoms with Gasteiger partial charge in [-0.05, 0) is 43.7 Å². The Morgan fingerprint density at radius 2 is 2.00 bits per heavy atom. The zero-order chi connectivity index (χ0) is 18.5. The van der Waals surface area contributed by atoms with E-state index < -0.39 is 0 Å². The monoisotopic (exact) mass is 484 g/mol. The zero-order valence-electron chi connectivity index (χ0n) is 16.0. The smallest absolute Gasteiger partial charge is 0.191 e. The maximum atomic E-state index is 5.82. The van der Waals surface area contributed by atoms with Gasteiger partial charge in [-0.15, -0.1) is 24.0 Å². The summed E-state index contributed by atoms with van der Waals surface area (Å²) in [5.74, 6) is 1.60. The molecular formula is C20H29IN4O2. The molecule has 6 nitrogen and oxygen atoms in total. The Morgan fingerprint density at radius 3 is 2.74 bits per heavy atom. The fraction of sp³-hybridized carbons (Fsp3) is 0.400. The molecule has 0 aliphatic carbocycles. The molecule has 2 aromatic rings. The summed E-state index contributed by atoms with van der Waals surface area (Å²) >= 11 is 0. The summed E-state index contributed by atoms with van der Waals surface area (Å²) in [4.78, 5) is 8.88. The number of hydrogen-bond acceptors (Lipinski definition) is 4. The Labute approximate surface area is 178 Å². The van der Waals surface area contributed by atoms with Crippen LogP contribution in [0.5, 0.6) is 5.75 Å². The van der Waals surface area contributed by atoms with Gasteiger partial charge in [-0.2, -0.15) is 0 Å². The van der Waals surface area contributed by atoms with Crippen LogP contribution in [0.25, 0.3) is 0 Å². The van der Waals surface area contributed by atoms with E-state index in [2.05, 4.69) is 20.6 Å². The van der Waals surface area contributed by atoms with Crippen LogP contribution in [0.4, 0.5) is 0 Å². The third kappa shape index (κ3) is 9.58. The van der Waals surface area contributed by atoms with Crippen molar-refractivity contribution in [1.82, 2.24) is 15.6 Å². The maximum Gasteiger partial charge on any atom is 0.191 e. The molecule has 0 bridgehead atoms. The van der Waals surface area contributed by atoms with Crippen LogP contribution in [-0.4, -0.2) is 37.2 Å². The first-order valence-electron chi connectivity index (χ1n) is 9.03. The molecule has 0 aliphatic rings. The van der Waals surface area contributed by atoms with Crippen LogP contribution in [0.2, 0.25) is 0 Å². The third-order valence-corrected chi connectivity index (χ3v) is 3.52. The van der Waals surface area contributed by atoms with Crippen molar-refractivity contribution in [3.63, 3.8) is 0 Å². The fourth-order valence-corrected chi connectivity index (χ4v) is 2.27. The molecule has 2 rings (SSSR count). The number of benzene rings is 1. The minimum absolute atomic E-state index is 0. The lowest BCUT2D eigenvalue weighted by atomic mass is 10.2. The van der Waals surface area contributed by atoms with Gasteiger partial charge in [0.15, 0.2) is 5.96 Å². The zero-order valence-corrected chi connectivity index (χ0v) is 18.3. The highest BCUT2D eigenvalue weighted by molar-refractivity contribution is 14.0. The molecule has 1 aromatic carbocycles. The van der Waals surface area contributed by atoms with Crippen LogP contribution < -0.4 is 15.4 Å². The van der Waals surface area contributed by atoms with E-state index in [1.54, 1.807) is 6.20 Å². The summed E-state index contributed by atoms with van der Waals surface area (Å²) < 4.78 is 11.2. The largest absolute Gasteiger partial charge is 0.487 e. The Kier molecular flexibility index (Phi) is 12.2. The van der Waals surface area contributed by atoms with Crippen LogP contribution in [0.1, 0.15) is 25.1 Å². The molecule has 0 aliphatic heterocycles. The van der Waals surface area contributed by atoms with Crippen molar-refractivity contribution < 1.29 is 9.47 Å². The number of guanidine groups is 1. The summed E-state index contributed by atoms with van der Waals surface area (Å²) in [6, 6.07) is 13.8. The molecule has 7 heteroatoms. The molecule has 1 heterocycles. The second-order valence-corrected chi connectivity index (χ2v) is 5.58. The van der Waals surface area contributed by atoms with E-state index >= 15 is 0 Å². The molecule has 0 atom stereocenters. The number of halogens is 1. The number of nitrogens with zero attached hydrogens (tertiary/aromatic N) is 2. The first-order chi connectivity index (χ1) is 12.8. The maximum absolute atomic E-state index is 5.82. The van der Waals surface area contributed by atoms with Gasteiger partial charge in [-0.1, -0.05) is 18.2 Å². The fourth-order valence-electron chi connectivity index (χ4n) is 2.27. The summed E-state index contributed by atoms with van der Waals surface area (Å²) in [6.07, 6.45) is 1.77. The van der Waals surface area contributed by atoms with Crippen LogP contribution >= 0.6 is 24.0 Å². The van der Waals surface area contributed by atoms with Crippen LogP contribution in [-0.2, 0) is 17.9 Å². The van der Waals surface area contributed by atoms with Gasteiger partial charge in [0.05, 0.1) is 18.8 Å². The second-order valence-electron chi connectivity index (χ2n) is 5.58. The van der Waals surface area contributed by atoms with Crippen LogP contribution in [0, 0.1) is 0 Å². The Bertz CT molecular complexity index is 668. The Balaban J connectivity index is 0.00000364. The molecule has 0 amide bonds. The van der Waals surface area contributed by atoms with Gasteiger partial charge in [-0.3, -0.25) is 4.98 Å². The normalized spacial score (nSPS) is 10.8. The van der Waals surface area contributed by atoms with Crippen molar-refractivity contribution in [2.24, 2.45) is 4.99 Å². The minimum Gasteiger partial charge on any atom is -0.487 e. The lowest BCUT2D eigenvalue weighted by Crippen LogP contribution is -2.39. The van der Waals surface area contributed by atoms with Crippen LogP contribution in [0.3, 0.4) is 0 Å². The van der Waals surface area contributed by atoms with Gasteiger partial charge in [0.25, 0.3) is 0 Å². The first-order valence-corrected chi connectivity index (χ1v) is 9.03. The first kappa shape index (κ1) is 23.2. The molecule has 2 N–H and O–H groups in total. The lowest BCUT2D eigenvalue weighted by molar-refractivity contribution is 0.152. The van der Waals surface area contributed by atoms with Gasteiger partial charge in [-0.25, -0.2) is 4.99 Å². The highest BCUT2D eigenvalue weighted by Gasteiger charge is 2.01. The molecular weight excluding hydrogens is 455 g/mol. The summed E-state index contributed by atoms with van der Waals surface area (Å²) in [5.41, 5.74) is 1.99. The topological polar surface area (TPSA) is 67.8 Å². The average Bonchev–Trinajstić information content (AvgIpc) is 2.69. The number of pyridine rings is 1. The van der Waals surface area contributed by atoms with E-state index in [-0.39, 0.29) is 24.0 Å². The number of nitrogens with one attached hydrogen (secondary N) is 2. The van der Waals surface area contributed by atoms with E-state index in [1.807, 2.05) is 56.3 Å². The lowest BCUT2D eigenvalue weighted by Gasteiger charge is -2.11. The number of ether oxygens (including phenoxy) is 2. The Hall–Kier alpha value is -1.87. The van der Waals surface area contributed by atoms with E-state index in [4.69, 9.17) is 9.47 Å². The van der Waals surface area contributed by atoms with Gasteiger partial charge in [0.1, 0.15) is 12.4 Å². The number of aromatic nitrogens is 1. The number of hydrogen-bond donors (Lipinski definition) is 2. The molecule has 0 saturated carbocycles. The van der Waals surface area contributed by atoms with Gasteiger partial charge >= 0.3 is 0 Å². The molecule has 0 fully saturated rings. The molecule has 27 heavy (non-hydrogen) atoms. The quantitative estimate of drug-likeness (QED) is 0.234. The predicted octanol–water partition coefficient (Wildman–Crippen LogP) is 3.37. The molecule has 1 aromatic heterocycles. The third-order valence-electron chi connectivity index (χ3n) is 3.52. The van der Waals surface area contributed by atoms with Gasteiger partial charge in [0, 0.05) is 25.9 Å². The molecule has 0 spiro atoms. The van der Waals surface area contributed by atoms with Crippen molar-refractivity contribution >= 4 is 29.9 Å². The average molecular weight is 484 g/mol. The predicted molar refractivity (Wildman–Crippen MR) is 120 cm³/mol. The van der Waals surface area contributed by atoms with Gasteiger partial charge < -0.3 is 20.1 Å². The van der Waals surface area contributed by atoms with Crippen LogP contribution in [0.15, 0.2) is 53.7 Å². The summed E-state index contributed by atoms with van der Waals surface area (Å²) in [6.45, 7) is 7.99. The molecule has 0 radical (unpaired) electrons. The highest BCUT2D eigenvalue weighted by Crippen LogP contribution is 2.15. The summed E-state index contributed by atoms with van der Waals surface area (Å²) in [7, 11) is 0. The molecule has 148 valence electrons. The highest BCUT2D eigenvalue weighted by atomic mass is 127. The SMILES string of the molecule is CCNC(=NCc1cccc(OCc2ccccn2)c1)NCCOCC.I. The Morgan fingerprint density at radius 1 is 1.11 bits per heavy atom. The van der Waals surface area contributed by atoms with Crippen molar-refractivity contribution in [2.75, 3.05) is 26.3 Å². The van der Waals surface area contributed by atoms with E-state index in [9.17, 15) is 0 Å². The van der Waals surface area contributed by atoms with E-state index in [0.29, 0.717) is 19.8 Å². The van der Waals surface area contributed by atoms with Crippen molar-refractivity contribution in [2.45, 2.75) is 27.0 Å². The number of aliphatic imine (C=N–C) groups is 1. The van der Waals surface area contributed by atoms with E-state index in [0.717, 1.165) is 42.7 Å².